The van der Waals surface area contributed by atoms with Crippen molar-refractivity contribution in [3.8, 4) is 16.9 Å². The third kappa shape index (κ3) is 11.7. The van der Waals surface area contributed by atoms with Crippen LogP contribution in [0.15, 0.2) is 48.5 Å². The molecule has 0 unspecified atom stereocenters. The SMILES string of the molecule is CCCCCCCCCCCCOc1ccc(-c2ccc(C3CCC(CCCCCC)CC3)cc2)cc1. The first-order chi connectivity index (χ1) is 18.3. The van der Waals surface area contributed by atoms with Gasteiger partial charge >= 0.3 is 0 Å². The molecule has 3 rings (SSSR count). The highest BCUT2D eigenvalue weighted by molar-refractivity contribution is 5.64. The molecule has 0 saturated heterocycles. The van der Waals surface area contributed by atoms with Crippen molar-refractivity contribution in [3.63, 3.8) is 0 Å². The Balaban J connectivity index is 1.30. The second-order valence-corrected chi connectivity index (χ2v) is 11.7. The maximum absolute atomic E-state index is 6.01. The molecule has 0 bridgehead atoms. The Bertz CT molecular complexity index is 798. The Kier molecular flexibility index (Phi) is 14.9. The molecule has 1 nitrogen and oxygen atoms in total. The average molecular weight is 505 g/mol. The van der Waals surface area contributed by atoms with Crippen molar-refractivity contribution in [3.05, 3.63) is 54.1 Å². The lowest BCUT2D eigenvalue weighted by Crippen LogP contribution is -2.13. The number of ether oxygens (including phenoxy) is 1. The summed E-state index contributed by atoms with van der Waals surface area (Å²) in [6.45, 7) is 5.43. The van der Waals surface area contributed by atoms with Gasteiger partial charge in [-0.2, -0.15) is 0 Å². The van der Waals surface area contributed by atoms with Gasteiger partial charge in [-0.25, -0.2) is 0 Å². The van der Waals surface area contributed by atoms with Crippen LogP contribution >= 0.6 is 0 Å². The first-order valence-corrected chi connectivity index (χ1v) is 16.1. The van der Waals surface area contributed by atoms with Crippen LogP contribution in [0.2, 0.25) is 0 Å². The Morgan fingerprint density at radius 2 is 1.03 bits per heavy atom. The molecule has 1 aliphatic rings. The zero-order valence-electron chi connectivity index (χ0n) is 24.3. The lowest BCUT2D eigenvalue weighted by atomic mass is 9.77. The predicted molar refractivity (Wildman–Crippen MR) is 163 cm³/mol. The van der Waals surface area contributed by atoms with Crippen molar-refractivity contribution in [2.24, 2.45) is 5.92 Å². The molecule has 2 aromatic rings. The van der Waals surface area contributed by atoms with Gasteiger partial charge in [0.15, 0.2) is 0 Å². The van der Waals surface area contributed by atoms with Gasteiger partial charge in [-0.3, -0.25) is 0 Å². The van der Waals surface area contributed by atoms with Gasteiger partial charge in [0.05, 0.1) is 6.61 Å². The molecule has 0 heterocycles. The Labute approximate surface area is 229 Å². The Hall–Kier alpha value is -1.76. The maximum atomic E-state index is 6.01. The molecule has 37 heavy (non-hydrogen) atoms. The number of unbranched alkanes of at least 4 members (excludes halogenated alkanes) is 12. The van der Waals surface area contributed by atoms with E-state index in [2.05, 4.69) is 62.4 Å². The standard InChI is InChI=1S/C36H56O/c1-3-5-7-9-10-11-12-13-14-16-30-37-36-28-26-35(27-29-36)34-24-22-33(23-25-34)32-20-18-31(19-21-32)17-15-8-6-4-2/h22-29,31-32H,3-21,30H2,1-2H3. The smallest absolute Gasteiger partial charge is 0.119 e. The first-order valence-electron chi connectivity index (χ1n) is 16.1. The highest BCUT2D eigenvalue weighted by Crippen LogP contribution is 2.38. The summed E-state index contributed by atoms with van der Waals surface area (Å²) >= 11 is 0. The number of rotatable bonds is 19. The average Bonchev–Trinajstić information content (AvgIpc) is 2.95. The molecule has 0 N–H and O–H groups in total. The van der Waals surface area contributed by atoms with E-state index in [-0.39, 0.29) is 0 Å². The summed E-state index contributed by atoms with van der Waals surface area (Å²) in [5.41, 5.74) is 4.15. The quantitative estimate of drug-likeness (QED) is 0.173. The van der Waals surface area contributed by atoms with E-state index in [1.54, 1.807) is 5.56 Å². The highest BCUT2D eigenvalue weighted by atomic mass is 16.5. The molecule has 1 heteroatoms. The zero-order chi connectivity index (χ0) is 26.0. The molecule has 0 aliphatic heterocycles. The van der Waals surface area contributed by atoms with Crippen LogP contribution in [0.25, 0.3) is 11.1 Å². The van der Waals surface area contributed by atoms with Crippen LogP contribution in [0.1, 0.15) is 147 Å². The lowest BCUT2D eigenvalue weighted by molar-refractivity contribution is 0.302. The molecular weight excluding hydrogens is 448 g/mol. The molecule has 0 aromatic heterocycles. The fraction of sp³-hybridized carbons (Fsp3) is 0.667. The van der Waals surface area contributed by atoms with Crippen molar-refractivity contribution in [2.75, 3.05) is 6.61 Å². The summed E-state index contributed by atoms with van der Waals surface area (Å²) in [5.74, 6) is 2.75. The largest absolute Gasteiger partial charge is 0.494 e. The Morgan fingerprint density at radius 1 is 0.541 bits per heavy atom. The van der Waals surface area contributed by atoms with E-state index in [1.807, 2.05) is 0 Å². The number of benzene rings is 2. The lowest BCUT2D eigenvalue weighted by Gasteiger charge is -2.29. The van der Waals surface area contributed by atoms with Gasteiger partial charge in [0.1, 0.15) is 5.75 Å². The molecule has 0 radical (unpaired) electrons. The van der Waals surface area contributed by atoms with Crippen molar-refractivity contribution in [1.82, 2.24) is 0 Å². The van der Waals surface area contributed by atoms with E-state index < -0.39 is 0 Å². The second kappa shape index (κ2) is 18.5. The molecule has 2 aromatic carbocycles. The fourth-order valence-electron chi connectivity index (χ4n) is 6.12. The van der Waals surface area contributed by atoms with Crippen molar-refractivity contribution >= 4 is 0 Å². The van der Waals surface area contributed by atoms with E-state index in [1.165, 1.54) is 133 Å². The minimum absolute atomic E-state index is 0.766. The predicted octanol–water partition coefficient (Wildman–Crippen LogP) is 11.9. The molecule has 1 saturated carbocycles. The first kappa shape index (κ1) is 29.8. The minimum Gasteiger partial charge on any atom is -0.494 e. The summed E-state index contributed by atoms with van der Waals surface area (Å²) in [6, 6.07) is 18.1. The van der Waals surface area contributed by atoms with Crippen LogP contribution in [0.3, 0.4) is 0 Å². The Morgan fingerprint density at radius 3 is 1.59 bits per heavy atom. The van der Waals surface area contributed by atoms with Crippen molar-refractivity contribution < 1.29 is 4.74 Å². The monoisotopic (exact) mass is 504 g/mol. The summed E-state index contributed by atoms with van der Waals surface area (Å²) in [5, 5.41) is 0. The van der Waals surface area contributed by atoms with Gasteiger partial charge in [-0.15, -0.1) is 0 Å². The van der Waals surface area contributed by atoms with Gasteiger partial charge in [0.2, 0.25) is 0 Å². The van der Waals surface area contributed by atoms with Crippen LogP contribution in [0.5, 0.6) is 5.75 Å². The second-order valence-electron chi connectivity index (χ2n) is 11.7. The molecule has 206 valence electrons. The van der Waals surface area contributed by atoms with Gasteiger partial charge < -0.3 is 4.74 Å². The van der Waals surface area contributed by atoms with Gasteiger partial charge in [0, 0.05) is 0 Å². The highest BCUT2D eigenvalue weighted by Gasteiger charge is 2.22. The molecule has 0 spiro atoms. The van der Waals surface area contributed by atoms with E-state index in [9.17, 15) is 0 Å². The zero-order valence-corrected chi connectivity index (χ0v) is 24.3. The van der Waals surface area contributed by atoms with Crippen LogP contribution < -0.4 is 4.74 Å². The summed E-state index contributed by atoms with van der Waals surface area (Å²) < 4.78 is 6.01. The van der Waals surface area contributed by atoms with Gasteiger partial charge in [-0.1, -0.05) is 140 Å². The van der Waals surface area contributed by atoms with E-state index in [0.29, 0.717) is 0 Å². The molecule has 1 fully saturated rings. The van der Waals surface area contributed by atoms with Crippen molar-refractivity contribution in [2.45, 2.75) is 142 Å². The van der Waals surface area contributed by atoms with Crippen LogP contribution in [0.4, 0.5) is 0 Å². The maximum Gasteiger partial charge on any atom is 0.119 e. The molecular formula is C36H56O. The summed E-state index contributed by atoms with van der Waals surface area (Å²) in [7, 11) is 0. The summed E-state index contributed by atoms with van der Waals surface area (Å²) in [4.78, 5) is 0. The van der Waals surface area contributed by atoms with Gasteiger partial charge in [-0.05, 0) is 72.8 Å². The third-order valence-corrected chi connectivity index (χ3v) is 8.65. The van der Waals surface area contributed by atoms with E-state index >= 15 is 0 Å². The van der Waals surface area contributed by atoms with Gasteiger partial charge in [0.25, 0.3) is 0 Å². The van der Waals surface area contributed by atoms with E-state index in [0.717, 1.165) is 24.2 Å². The molecule has 0 amide bonds. The van der Waals surface area contributed by atoms with Crippen LogP contribution in [-0.2, 0) is 0 Å². The fourth-order valence-corrected chi connectivity index (χ4v) is 6.12. The number of hydrogen-bond donors (Lipinski definition) is 0. The molecule has 1 aliphatic carbocycles. The summed E-state index contributed by atoms with van der Waals surface area (Å²) in [6.07, 6.45) is 26.4. The number of hydrogen-bond acceptors (Lipinski definition) is 1. The van der Waals surface area contributed by atoms with Crippen LogP contribution in [-0.4, -0.2) is 6.61 Å². The topological polar surface area (TPSA) is 9.23 Å². The normalized spacial score (nSPS) is 17.7. The molecule has 0 atom stereocenters. The minimum atomic E-state index is 0.766. The van der Waals surface area contributed by atoms with Crippen LogP contribution in [0, 0.1) is 5.92 Å². The van der Waals surface area contributed by atoms with Crippen molar-refractivity contribution in [1.29, 1.82) is 0 Å². The third-order valence-electron chi connectivity index (χ3n) is 8.65. The van der Waals surface area contributed by atoms with E-state index in [4.69, 9.17) is 4.74 Å².